The van der Waals surface area contributed by atoms with Gasteiger partial charge in [-0.1, -0.05) is 65.7 Å². The summed E-state index contributed by atoms with van der Waals surface area (Å²) < 4.78 is 0. The zero-order valence-electron chi connectivity index (χ0n) is 14.5. The molecule has 26 heavy (non-hydrogen) atoms. The summed E-state index contributed by atoms with van der Waals surface area (Å²) in [5.74, 6) is 1.01. The second-order valence-electron chi connectivity index (χ2n) is 6.52. The van der Waals surface area contributed by atoms with Crippen LogP contribution in [0.5, 0.6) is 0 Å². The average Bonchev–Trinajstić information content (AvgIpc) is 2.62. The van der Waals surface area contributed by atoms with Crippen LogP contribution >= 0.6 is 35.6 Å². The van der Waals surface area contributed by atoms with E-state index in [1.54, 1.807) is 0 Å². The Labute approximate surface area is 169 Å². The van der Waals surface area contributed by atoms with Gasteiger partial charge in [0.25, 0.3) is 0 Å². The zero-order valence-corrected chi connectivity index (χ0v) is 16.9. The standard InChI is InChI=1S/C21H18Cl2N2.ClH/c1-25(2)19-12-16-17(11-13-7-3-4-8-14(13)20(16)23)21(24-19)15-9-5-6-10-18(15)22;/h3-11,21H,12H2,1-2H3;1H. The van der Waals surface area contributed by atoms with Crippen LogP contribution in [0, 0.1) is 0 Å². The predicted octanol–water partition coefficient (Wildman–Crippen LogP) is 6.17. The molecule has 0 saturated carbocycles. The molecule has 0 spiro atoms. The first-order valence-electron chi connectivity index (χ1n) is 8.24. The van der Waals surface area contributed by atoms with E-state index >= 15 is 0 Å². The first-order chi connectivity index (χ1) is 12.1. The van der Waals surface area contributed by atoms with Crippen LogP contribution in [0.15, 0.2) is 59.6 Å². The molecule has 0 fully saturated rings. The monoisotopic (exact) mass is 404 g/mol. The van der Waals surface area contributed by atoms with Crippen molar-refractivity contribution in [3.63, 3.8) is 0 Å². The number of hydrogen-bond donors (Lipinski definition) is 0. The first-order valence-corrected chi connectivity index (χ1v) is 9.00. The minimum atomic E-state index is -0.142. The number of rotatable bonds is 1. The topological polar surface area (TPSA) is 15.6 Å². The molecule has 1 aliphatic rings. The summed E-state index contributed by atoms with van der Waals surface area (Å²) in [6, 6.07) is 18.2. The maximum atomic E-state index is 6.82. The van der Waals surface area contributed by atoms with Crippen LogP contribution in [0.4, 0.5) is 0 Å². The van der Waals surface area contributed by atoms with Crippen LogP contribution in [0.2, 0.25) is 10.0 Å². The van der Waals surface area contributed by atoms with Gasteiger partial charge in [-0.05, 0) is 34.2 Å². The number of aliphatic imine (C=N–C) groups is 1. The third-order valence-corrected chi connectivity index (χ3v) is 5.52. The molecule has 1 aliphatic heterocycles. The number of fused-ring (bicyclic) bond motifs is 2. The second kappa shape index (κ2) is 7.48. The first kappa shape index (κ1) is 19.0. The van der Waals surface area contributed by atoms with Crippen molar-refractivity contribution in [3.05, 3.63) is 81.3 Å². The lowest BCUT2D eigenvalue weighted by Gasteiger charge is -2.29. The largest absolute Gasteiger partial charge is 0.366 e. The van der Waals surface area contributed by atoms with E-state index in [0.717, 1.165) is 49.8 Å². The van der Waals surface area contributed by atoms with Gasteiger partial charge in [0.1, 0.15) is 11.9 Å². The summed E-state index contributed by atoms with van der Waals surface area (Å²) >= 11 is 13.3. The molecule has 1 unspecified atom stereocenters. The molecule has 0 N–H and O–H groups in total. The van der Waals surface area contributed by atoms with E-state index in [-0.39, 0.29) is 18.4 Å². The minimum Gasteiger partial charge on any atom is -0.366 e. The van der Waals surface area contributed by atoms with Crippen molar-refractivity contribution < 1.29 is 0 Å². The van der Waals surface area contributed by atoms with Crippen LogP contribution in [0.25, 0.3) is 10.8 Å². The van der Waals surface area contributed by atoms with Crippen LogP contribution < -0.4 is 0 Å². The van der Waals surface area contributed by atoms with Crippen LogP contribution in [-0.2, 0) is 6.42 Å². The highest BCUT2D eigenvalue weighted by molar-refractivity contribution is 6.36. The Morgan fingerprint density at radius 3 is 2.38 bits per heavy atom. The lowest BCUT2D eigenvalue weighted by atomic mass is 9.88. The molecule has 1 heterocycles. The van der Waals surface area contributed by atoms with E-state index in [9.17, 15) is 0 Å². The van der Waals surface area contributed by atoms with E-state index in [4.69, 9.17) is 28.2 Å². The Balaban J connectivity index is 0.00000196. The van der Waals surface area contributed by atoms with Gasteiger partial charge in [-0.15, -0.1) is 12.4 Å². The molecule has 3 aromatic carbocycles. The Kier molecular flexibility index (Phi) is 5.47. The van der Waals surface area contributed by atoms with Crippen molar-refractivity contribution in [3.8, 4) is 0 Å². The highest BCUT2D eigenvalue weighted by Gasteiger charge is 2.28. The number of benzene rings is 3. The van der Waals surface area contributed by atoms with Crippen LogP contribution in [0.3, 0.4) is 0 Å². The summed E-state index contributed by atoms with van der Waals surface area (Å²) in [4.78, 5) is 7.06. The van der Waals surface area contributed by atoms with Gasteiger partial charge in [-0.25, -0.2) is 0 Å². The fourth-order valence-electron chi connectivity index (χ4n) is 3.42. The van der Waals surface area contributed by atoms with Crippen LogP contribution in [0.1, 0.15) is 22.7 Å². The normalized spacial score (nSPS) is 15.8. The van der Waals surface area contributed by atoms with Crippen molar-refractivity contribution in [1.82, 2.24) is 4.90 Å². The number of hydrogen-bond acceptors (Lipinski definition) is 2. The molecule has 4 rings (SSSR count). The molecule has 0 amide bonds. The molecule has 1 atom stereocenters. The van der Waals surface area contributed by atoms with Gasteiger partial charge in [0.15, 0.2) is 0 Å². The van der Waals surface area contributed by atoms with E-state index < -0.39 is 0 Å². The molecule has 134 valence electrons. The number of amidine groups is 1. The van der Waals surface area contributed by atoms with Gasteiger partial charge in [0.05, 0.1) is 5.02 Å². The maximum Gasteiger partial charge on any atom is 0.104 e. The minimum absolute atomic E-state index is 0. The molecular weight excluding hydrogens is 387 g/mol. The third kappa shape index (κ3) is 3.18. The smallest absolute Gasteiger partial charge is 0.104 e. The molecular formula is C21H19Cl3N2. The molecule has 0 aliphatic carbocycles. The van der Waals surface area contributed by atoms with Gasteiger partial charge >= 0.3 is 0 Å². The van der Waals surface area contributed by atoms with Crippen molar-refractivity contribution in [2.45, 2.75) is 12.5 Å². The quantitative estimate of drug-likeness (QED) is 0.472. The Bertz CT molecular complexity index is 996. The summed E-state index contributed by atoms with van der Waals surface area (Å²) in [7, 11) is 4.03. The van der Waals surface area contributed by atoms with E-state index in [1.165, 1.54) is 0 Å². The SMILES string of the molecule is CN(C)C1=NC(c2ccccc2Cl)c2cc3ccccc3c(Cl)c2C1.Cl. The van der Waals surface area contributed by atoms with Crippen LogP contribution in [-0.4, -0.2) is 24.8 Å². The van der Waals surface area contributed by atoms with Crippen molar-refractivity contribution in [1.29, 1.82) is 0 Å². The number of nitrogens with zero attached hydrogens (tertiary/aromatic N) is 2. The number of halogens is 3. The lowest BCUT2D eigenvalue weighted by molar-refractivity contribution is 0.592. The summed E-state index contributed by atoms with van der Waals surface area (Å²) in [6.45, 7) is 0. The van der Waals surface area contributed by atoms with Crippen molar-refractivity contribution in [2.24, 2.45) is 4.99 Å². The van der Waals surface area contributed by atoms with Gasteiger partial charge in [-0.3, -0.25) is 4.99 Å². The van der Waals surface area contributed by atoms with E-state index in [0.29, 0.717) is 0 Å². The Hall–Kier alpha value is -1.74. The number of likely N-dealkylation sites (N-methyl/N-ethyl adjacent to an activating group) is 1. The van der Waals surface area contributed by atoms with Gasteiger partial charge < -0.3 is 4.90 Å². The van der Waals surface area contributed by atoms with Crippen molar-refractivity contribution in [2.75, 3.05) is 14.1 Å². The summed E-state index contributed by atoms with van der Waals surface area (Å²) in [5, 5.41) is 3.76. The van der Waals surface area contributed by atoms with E-state index in [1.807, 2.05) is 50.5 Å². The predicted molar refractivity (Wildman–Crippen MR) is 114 cm³/mol. The van der Waals surface area contributed by atoms with Gasteiger partial charge in [0.2, 0.25) is 0 Å². The van der Waals surface area contributed by atoms with Gasteiger partial charge in [-0.2, -0.15) is 0 Å². The Morgan fingerprint density at radius 1 is 0.962 bits per heavy atom. The highest BCUT2D eigenvalue weighted by Crippen LogP contribution is 2.42. The fourth-order valence-corrected chi connectivity index (χ4v) is 4.01. The molecule has 0 saturated heterocycles. The Morgan fingerprint density at radius 2 is 1.65 bits per heavy atom. The molecule has 3 aromatic rings. The second-order valence-corrected chi connectivity index (χ2v) is 7.31. The van der Waals surface area contributed by atoms with E-state index in [2.05, 4.69) is 23.1 Å². The average molecular weight is 406 g/mol. The van der Waals surface area contributed by atoms with Gasteiger partial charge in [0, 0.05) is 30.9 Å². The lowest BCUT2D eigenvalue weighted by Crippen LogP contribution is -2.29. The maximum absolute atomic E-state index is 6.82. The molecule has 2 nitrogen and oxygen atoms in total. The molecule has 5 heteroatoms. The third-order valence-electron chi connectivity index (χ3n) is 4.75. The molecule has 0 bridgehead atoms. The fraction of sp³-hybridized carbons (Fsp3) is 0.190. The van der Waals surface area contributed by atoms with Crippen molar-refractivity contribution >= 4 is 52.2 Å². The zero-order chi connectivity index (χ0) is 17.6. The molecule has 0 radical (unpaired) electrons. The summed E-state index contributed by atoms with van der Waals surface area (Å²) in [5.41, 5.74) is 3.29. The summed E-state index contributed by atoms with van der Waals surface area (Å²) in [6.07, 6.45) is 0.729. The molecule has 0 aromatic heterocycles. The highest BCUT2D eigenvalue weighted by atomic mass is 35.5.